The van der Waals surface area contributed by atoms with Crippen molar-refractivity contribution in [2.24, 2.45) is 4.99 Å². The minimum Gasteiger partial charge on any atom is -0.410 e. The quantitative estimate of drug-likeness (QED) is 0.110. The van der Waals surface area contributed by atoms with Crippen LogP contribution in [0.25, 0.3) is 0 Å². The Morgan fingerprint density at radius 2 is 1.13 bits per heavy atom. The molecule has 0 saturated heterocycles. The molecule has 0 saturated carbocycles. The fourth-order valence-electron chi connectivity index (χ4n) is 6.52. The zero-order valence-corrected chi connectivity index (χ0v) is 32.1. The number of rotatable bonds is 16. The van der Waals surface area contributed by atoms with Crippen LogP contribution in [0, 0.1) is 0 Å². The van der Waals surface area contributed by atoms with Gasteiger partial charge in [0.05, 0.1) is 16.7 Å². The molecule has 11 heteroatoms. The molecule has 0 spiro atoms. The van der Waals surface area contributed by atoms with E-state index >= 15 is 0 Å². The first-order valence-electron chi connectivity index (χ1n) is 16.5. The van der Waals surface area contributed by atoms with Crippen LogP contribution in [0.5, 0.6) is 5.75 Å². The van der Waals surface area contributed by atoms with Crippen molar-refractivity contribution in [2.75, 3.05) is 7.05 Å². The van der Waals surface area contributed by atoms with Crippen molar-refractivity contribution in [3.63, 3.8) is 0 Å². The Balaban J connectivity index is 2.69. The monoisotopic (exact) mass is 656 g/mol. The second-order valence-electron chi connectivity index (χ2n) is 17.6. The van der Waals surface area contributed by atoms with Gasteiger partial charge in [-0.3, -0.25) is 14.6 Å². The van der Waals surface area contributed by atoms with E-state index in [4.69, 9.17) is 14.5 Å². The Hall–Kier alpha value is -2.92. The summed E-state index contributed by atoms with van der Waals surface area (Å²) in [6.07, 6.45) is 3.00. The molecule has 4 N–H and O–H groups in total. The van der Waals surface area contributed by atoms with Gasteiger partial charge in [-0.1, -0.05) is 0 Å². The molecule has 1 radical (unpaired) electrons. The van der Waals surface area contributed by atoms with Crippen molar-refractivity contribution < 1.29 is 23.9 Å². The average Bonchev–Trinajstić information content (AvgIpc) is 2.78. The SMILES string of the molecule is CNC(C)(C)CC(C)(C)NC(=O)[B]C(=O)NC(C)(C)CC(C)(C)NC(=O)Oc1ccc(C=NC(C)(C)CC(C)(C)OC(C)(C)C)cc1. The number of ether oxygens (including phenoxy) is 2. The number of nitrogens with one attached hydrogen (secondary N) is 4. The number of carbonyl (C=O) groups is 3. The van der Waals surface area contributed by atoms with Gasteiger partial charge in [0.15, 0.2) is 11.6 Å². The predicted molar refractivity (Wildman–Crippen MR) is 194 cm³/mol. The van der Waals surface area contributed by atoms with Crippen LogP contribution < -0.4 is 26.0 Å². The maximum Gasteiger partial charge on any atom is 0.413 e. The molecule has 0 aliphatic carbocycles. The van der Waals surface area contributed by atoms with Crippen molar-refractivity contribution in [3.8, 4) is 5.75 Å². The van der Waals surface area contributed by atoms with E-state index in [2.05, 4.69) is 69.7 Å². The Morgan fingerprint density at radius 1 is 0.681 bits per heavy atom. The van der Waals surface area contributed by atoms with Gasteiger partial charge >= 0.3 is 13.4 Å². The first-order valence-corrected chi connectivity index (χ1v) is 16.5. The van der Waals surface area contributed by atoms with Crippen LogP contribution in [-0.2, 0) is 4.74 Å². The standard InChI is InChI=1S/C36H63BN5O5/c1-30(2,3)47-36(14,15)24-32(6,7)39-21-25-17-19-26(20-18-25)46-29(45)42-35(12,13)23-34(10,11)41-28(44)37-27(43)40-33(8,9)22-31(4,5)38-16/h17-21,38H,22-24H2,1-16H3,(H,40,43)(H,41,44)(H,42,45). The number of hydrogen-bond acceptors (Lipinski definition) is 7. The third kappa shape index (κ3) is 18.3. The minimum absolute atomic E-state index is 0.184. The molecule has 0 heterocycles. The summed E-state index contributed by atoms with van der Waals surface area (Å²) in [6.45, 7) is 29.8. The van der Waals surface area contributed by atoms with Gasteiger partial charge in [-0.05, 0) is 154 Å². The van der Waals surface area contributed by atoms with Gasteiger partial charge in [0, 0.05) is 34.8 Å². The van der Waals surface area contributed by atoms with Crippen molar-refractivity contribution in [1.82, 2.24) is 21.3 Å². The fourth-order valence-corrected chi connectivity index (χ4v) is 6.52. The highest BCUT2D eigenvalue weighted by Gasteiger charge is 2.35. The first-order chi connectivity index (χ1) is 20.9. The molecule has 0 bridgehead atoms. The second-order valence-corrected chi connectivity index (χ2v) is 17.6. The maximum absolute atomic E-state index is 12.8. The van der Waals surface area contributed by atoms with E-state index in [0.29, 0.717) is 18.6 Å². The topological polar surface area (TPSA) is 130 Å². The molecular formula is C36H63BN5O5. The normalized spacial score (nSPS) is 13.7. The first kappa shape index (κ1) is 42.1. The lowest BCUT2D eigenvalue weighted by atomic mass is 9.73. The number of aliphatic imine (C=N–C) groups is 1. The molecule has 265 valence electrons. The summed E-state index contributed by atoms with van der Waals surface area (Å²) < 4.78 is 11.8. The second kappa shape index (κ2) is 15.5. The zero-order chi connectivity index (χ0) is 36.7. The average molecular weight is 657 g/mol. The van der Waals surface area contributed by atoms with Gasteiger partial charge in [-0.2, -0.15) is 0 Å². The summed E-state index contributed by atoms with van der Waals surface area (Å²) in [7, 11) is 2.90. The summed E-state index contributed by atoms with van der Waals surface area (Å²) in [6, 6.07) is 7.13. The van der Waals surface area contributed by atoms with Gasteiger partial charge < -0.3 is 30.7 Å². The van der Waals surface area contributed by atoms with Crippen LogP contribution in [-0.4, -0.2) is 77.1 Å². The van der Waals surface area contributed by atoms with E-state index in [0.717, 1.165) is 19.3 Å². The molecule has 10 nitrogen and oxygen atoms in total. The van der Waals surface area contributed by atoms with Crippen molar-refractivity contribution in [3.05, 3.63) is 29.8 Å². The van der Waals surface area contributed by atoms with Crippen molar-refractivity contribution in [1.29, 1.82) is 0 Å². The summed E-state index contributed by atoms with van der Waals surface area (Å²) in [5.41, 5.74) is -2.22. The van der Waals surface area contributed by atoms with E-state index in [1.165, 1.54) is 0 Å². The van der Waals surface area contributed by atoms with Crippen molar-refractivity contribution >= 4 is 31.2 Å². The fraction of sp³-hybridized carbons (Fsp3) is 0.722. The highest BCUT2D eigenvalue weighted by Crippen LogP contribution is 2.30. The number of hydrogen-bond donors (Lipinski definition) is 4. The number of carbonyl (C=O) groups excluding carboxylic acids is 3. The van der Waals surface area contributed by atoms with Gasteiger partial charge in [0.25, 0.3) is 0 Å². The van der Waals surface area contributed by atoms with E-state index in [-0.39, 0.29) is 22.3 Å². The number of benzene rings is 1. The molecule has 0 aliphatic heterocycles. The highest BCUT2D eigenvalue weighted by atomic mass is 16.6. The molecule has 47 heavy (non-hydrogen) atoms. The number of amides is 3. The Labute approximate surface area is 285 Å². The third-order valence-electron chi connectivity index (χ3n) is 7.16. The smallest absolute Gasteiger partial charge is 0.410 e. The molecule has 0 fully saturated rings. The van der Waals surface area contributed by atoms with Gasteiger partial charge in [-0.15, -0.1) is 0 Å². The molecule has 0 aliphatic rings. The molecular weight excluding hydrogens is 593 g/mol. The van der Waals surface area contributed by atoms with Crippen molar-refractivity contribution in [2.45, 2.75) is 162 Å². The van der Waals surface area contributed by atoms with E-state index in [9.17, 15) is 14.4 Å². The lowest BCUT2D eigenvalue weighted by Gasteiger charge is -2.37. The van der Waals surface area contributed by atoms with Crippen LogP contribution in [0.4, 0.5) is 14.4 Å². The molecule has 0 unspecified atom stereocenters. The van der Waals surface area contributed by atoms with E-state index in [1.54, 1.807) is 12.1 Å². The largest absolute Gasteiger partial charge is 0.413 e. The van der Waals surface area contributed by atoms with Gasteiger partial charge in [0.1, 0.15) is 5.75 Å². The molecule has 1 rings (SSSR count). The molecule has 1 aromatic carbocycles. The highest BCUT2D eigenvalue weighted by molar-refractivity contribution is 6.96. The van der Waals surface area contributed by atoms with Crippen LogP contribution >= 0.6 is 0 Å². The Morgan fingerprint density at radius 3 is 1.57 bits per heavy atom. The summed E-state index contributed by atoms with van der Waals surface area (Å²) in [5.74, 6) is -0.584. The Kier molecular flexibility index (Phi) is 13.9. The molecule has 3 amide bonds. The maximum atomic E-state index is 12.8. The lowest BCUT2D eigenvalue weighted by molar-refractivity contribution is -0.122. The third-order valence-corrected chi connectivity index (χ3v) is 7.16. The van der Waals surface area contributed by atoms with Crippen LogP contribution in [0.1, 0.15) is 129 Å². The van der Waals surface area contributed by atoms with Gasteiger partial charge in [-0.25, -0.2) is 4.79 Å². The molecule has 0 aromatic heterocycles. The number of nitrogens with zero attached hydrogens (tertiary/aromatic N) is 1. The van der Waals surface area contributed by atoms with Crippen LogP contribution in [0.3, 0.4) is 0 Å². The van der Waals surface area contributed by atoms with E-state index in [1.807, 2.05) is 80.8 Å². The lowest BCUT2D eigenvalue weighted by Crippen LogP contribution is -2.56. The van der Waals surface area contributed by atoms with Crippen LogP contribution in [0.15, 0.2) is 29.3 Å². The van der Waals surface area contributed by atoms with Gasteiger partial charge in [0.2, 0.25) is 0 Å². The molecule has 1 aromatic rings. The zero-order valence-electron chi connectivity index (χ0n) is 32.1. The summed E-state index contributed by atoms with van der Waals surface area (Å²) in [5, 5.41) is 11.9. The summed E-state index contributed by atoms with van der Waals surface area (Å²) in [4.78, 5) is 42.9. The Bertz CT molecular complexity index is 1250. The predicted octanol–water partition coefficient (Wildman–Crippen LogP) is 7.19. The molecule has 0 atom stereocenters. The minimum atomic E-state index is -0.739. The summed E-state index contributed by atoms with van der Waals surface area (Å²) >= 11 is 0. The van der Waals surface area contributed by atoms with Crippen LogP contribution in [0.2, 0.25) is 0 Å². The van der Waals surface area contributed by atoms with E-state index < -0.39 is 34.3 Å².